The Morgan fingerprint density at radius 2 is 1.71 bits per heavy atom. The van der Waals surface area contributed by atoms with Gasteiger partial charge in [-0.25, -0.2) is 4.79 Å². The van der Waals surface area contributed by atoms with E-state index < -0.39 is 12.1 Å². The summed E-state index contributed by atoms with van der Waals surface area (Å²) in [6.07, 6.45) is -0.627. The number of carbonyl (C=O) groups excluding carboxylic acids is 2. The van der Waals surface area contributed by atoms with Crippen molar-refractivity contribution in [2.24, 2.45) is 11.8 Å². The van der Waals surface area contributed by atoms with Crippen LogP contribution in [-0.2, 0) is 14.3 Å². The number of rotatable bonds is 2. The second-order valence-electron chi connectivity index (χ2n) is 4.33. The summed E-state index contributed by atoms with van der Waals surface area (Å²) in [5, 5.41) is 2.68. The van der Waals surface area contributed by atoms with Crippen LogP contribution in [0, 0.1) is 11.8 Å². The molecule has 0 bridgehead atoms. The average Bonchev–Trinajstić information content (AvgIpc) is 2.07. The van der Waals surface area contributed by atoms with Crippen molar-refractivity contribution < 1.29 is 14.3 Å². The Hall–Kier alpha value is -1.06. The summed E-state index contributed by atoms with van der Waals surface area (Å²) in [5.74, 6) is -0.414. The average molecular weight is 199 g/mol. The minimum atomic E-state index is -0.627. The molecule has 14 heavy (non-hydrogen) atoms. The fourth-order valence-corrected chi connectivity index (χ4v) is 1.42. The first kappa shape index (κ1) is 11.0. The minimum Gasteiger partial charge on any atom is -0.450 e. The smallest absolute Gasteiger partial charge is 0.329 e. The third-order valence-corrected chi connectivity index (χ3v) is 2.33. The second-order valence-corrected chi connectivity index (χ2v) is 4.33. The quantitative estimate of drug-likeness (QED) is 0.666. The van der Waals surface area contributed by atoms with Crippen LogP contribution in [0.5, 0.6) is 0 Å². The second kappa shape index (κ2) is 3.98. The van der Waals surface area contributed by atoms with Crippen LogP contribution in [0.15, 0.2) is 0 Å². The molecule has 1 heterocycles. The van der Waals surface area contributed by atoms with Crippen molar-refractivity contribution in [1.29, 1.82) is 0 Å². The summed E-state index contributed by atoms with van der Waals surface area (Å²) < 4.78 is 5.08. The molecule has 2 atom stereocenters. The fourth-order valence-electron chi connectivity index (χ4n) is 1.42. The number of morpholine rings is 1. The van der Waals surface area contributed by atoms with Crippen LogP contribution in [0.2, 0.25) is 0 Å². The van der Waals surface area contributed by atoms with Gasteiger partial charge >= 0.3 is 5.97 Å². The van der Waals surface area contributed by atoms with E-state index in [-0.39, 0.29) is 23.7 Å². The normalized spacial score (nSPS) is 27.9. The number of carbonyl (C=O) groups is 2. The molecule has 1 aliphatic heterocycles. The molecule has 1 saturated heterocycles. The lowest BCUT2D eigenvalue weighted by Gasteiger charge is -2.32. The van der Waals surface area contributed by atoms with E-state index in [9.17, 15) is 9.59 Å². The van der Waals surface area contributed by atoms with Crippen molar-refractivity contribution in [2.75, 3.05) is 0 Å². The third kappa shape index (κ3) is 2.05. The van der Waals surface area contributed by atoms with Gasteiger partial charge in [0.25, 0.3) is 5.91 Å². The Morgan fingerprint density at radius 3 is 2.14 bits per heavy atom. The Balaban J connectivity index is 2.72. The highest BCUT2D eigenvalue weighted by Crippen LogP contribution is 2.16. The minimum absolute atomic E-state index is 0.0204. The Labute approximate surface area is 84.0 Å². The highest BCUT2D eigenvalue weighted by Gasteiger charge is 2.38. The molecule has 0 aromatic carbocycles. The molecule has 0 radical (unpaired) electrons. The van der Waals surface area contributed by atoms with Crippen molar-refractivity contribution in [2.45, 2.75) is 39.8 Å². The van der Waals surface area contributed by atoms with E-state index in [0.29, 0.717) is 0 Å². The zero-order chi connectivity index (χ0) is 10.9. The van der Waals surface area contributed by atoms with Crippen LogP contribution in [0.25, 0.3) is 0 Å². The van der Waals surface area contributed by atoms with Crippen LogP contribution in [-0.4, -0.2) is 24.0 Å². The first-order valence-corrected chi connectivity index (χ1v) is 4.94. The van der Waals surface area contributed by atoms with E-state index >= 15 is 0 Å². The van der Waals surface area contributed by atoms with Gasteiger partial charge in [-0.15, -0.1) is 0 Å². The summed E-state index contributed by atoms with van der Waals surface area (Å²) in [7, 11) is 0. The third-order valence-electron chi connectivity index (χ3n) is 2.33. The lowest BCUT2D eigenvalue weighted by atomic mass is 9.99. The van der Waals surface area contributed by atoms with Gasteiger partial charge in [-0.3, -0.25) is 4.79 Å². The van der Waals surface area contributed by atoms with Gasteiger partial charge < -0.3 is 10.1 Å². The van der Waals surface area contributed by atoms with E-state index in [4.69, 9.17) is 4.74 Å². The van der Waals surface area contributed by atoms with Gasteiger partial charge in [0.1, 0.15) is 6.04 Å². The van der Waals surface area contributed by atoms with Crippen molar-refractivity contribution in [3.05, 3.63) is 0 Å². The van der Waals surface area contributed by atoms with Crippen LogP contribution in [0.1, 0.15) is 27.7 Å². The fraction of sp³-hybridized carbons (Fsp3) is 0.800. The molecule has 0 spiro atoms. The molecule has 0 saturated carbocycles. The lowest BCUT2D eigenvalue weighted by molar-refractivity contribution is -0.169. The van der Waals surface area contributed by atoms with Crippen LogP contribution in [0.3, 0.4) is 0 Å². The Bertz CT molecular complexity index is 222. The lowest BCUT2D eigenvalue weighted by Crippen LogP contribution is -2.57. The van der Waals surface area contributed by atoms with Gasteiger partial charge in [0, 0.05) is 0 Å². The maximum atomic E-state index is 11.5. The molecule has 0 aliphatic carbocycles. The van der Waals surface area contributed by atoms with Crippen molar-refractivity contribution >= 4 is 11.9 Å². The van der Waals surface area contributed by atoms with Crippen LogP contribution < -0.4 is 5.32 Å². The first-order chi connectivity index (χ1) is 6.43. The molecule has 0 unspecified atom stereocenters. The number of amides is 1. The number of hydrogen-bond donors (Lipinski definition) is 1. The predicted octanol–water partition coefficient (Wildman–Crippen LogP) is 0.709. The monoisotopic (exact) mass is 199 g/mol. The van der Waals surface area contributed by atoms with Gasteiger partial charge in [-0.1, -0.05) is 27.7 Å². The molecule has 1 amide bonds. The van der Waals surface area contributed by atoms with Crippen molar-refractivity contribution in [1.82, 2.24) is 5.32 Å². The van der Waals surface area contributed by atoms with E-state index in [1.165, 1.54) is 0 Å². The number of hydrogen-bond acceptors (Lipinski definition) is 3. The molecule has 4 heteroatoms. The van der Waals surface area contributed by atoms with E-state index in [1.807, 2.05) is 27.7 Å². The molecule has 1 N–H and O–H groups in total. The molecule has 80 valence electrons. The number of esters is 1. The zero-order valence-corrected chi connectivity index (χ0v) is 9.03. The van der Waals surface area contributed by atoms with E-state index in [1.54, 1.807) is 0 Å². The largest absolute Gasteiger partial charge is 0.450 e. The van der Waals surface area contributed by atoms with Crippen molar-refractivity contribution in [3.8, 4) is 0 Å². The number of nitrogens with one attached hydrogen (secondary N) is 1. The van der Waals surface area contributed by atoms with Crippen LogP contribution in [0.4, 0.5) is 0 Å². The molecule has 4 nitrogen and oxygen atoms in total. The van der Waals surface area contributed by atoms with Gasteiger partial charge in [0.2, 0.25) is 0 Å². The van der Waals surface area contributed by atoms with Crippen molar-refractivity contribution in [3.63, 3.8) is 0 Å². The molecule has 1 rings (SSSR count). The zero-order valence-electron chi connectivity index (χ0n) is 9.03. The van der Waals surface area contributed by atoms with Gasteiger partial charge in [-0.05, 0) is 11.8 Å². The molecule has 1 fully saturated rings. The SMILES string of the molecule is CC(C)[C@@H]1NC(=O)[C@@H](C(C)C)OC1=O. The van der Waals surface area contributed by atoms with E-state index in [0.717, 1.165) is 0 Å². The van der Waals surface area contributed by atoms with E-state index in [2.05, 4.69) is 5.32 Å². The number of ether oxygens (including phenoxy) is 1. The molecular weight excluding hydrogens is 182 g/mol. The topological polar surface area (TPSA) is 55.4 Å². The Morgan fingerprint density at radius 1 is 1.14 bits per heavy atom. The molecular formula is C10H17NO3. The first-order valence-electron chi connectivity index (χ1n) is 4.94. The summed E-state index contributed by atoms with van der Waals surface area (Å²) in [6.45, 7) is 7.46. The molecule has 0 aromatic heterocycles. The Kier molecular flexibility index (Phi) is 3.13. The van der Waals surface area contributed by atoms with Gasteiger partial charge in [0.05, 0.1) is 0 Å². The summed E-state index contributed by atoms with van der Waals surface area (Å²) in [6, 6.07) is -0.488. The maximum absolute atomic E-state index is 11.5. The molecule has 0 aromatic rings. The number of cyclic esters (lactones) is 1. The standard InChI is InChI=1S/C10H17NO3/c1-5(2)7-10(13)14-8(6(3)4)9(12)11-7/h5-8H,1-4H3,(H,11,12)/t7-,8+/m0/s1. The highest BCUT2D eigenvalue weighted by molar-refractivity contribution is 5.92. The summed E-state index contributed by atoms with van der Waals surface area (Å²) in [4.78, 5) is 23.0. The maximum Gasteiger partial charge on any atom is 0.329 e. The highest BCUT2D eigenvalue weighted by atomic mass is 16.6. The van der Waals surface area contributed by atoms with Gasteiger partial charge in [-0.2, -0.15) is 0 Å². The summed E-state index contributed by atoms with van der Waals surface area (Å²) in [5.41, 5.74) is 0. The predicted molar refractivity (Wildman–Crippen MR) is 51.5 cm³/mol. The van der Waals surface area contributed by atoms with Gasteiger partial charge in [0.15, 0.2) is 6.10 Å². The molecule has 1 aliphatic rings. The van der Waals surface area contributed by atoms with Crippen LogP contribution >= 0.6 is 0 Å². The summed E-state index contributed by atoms with van der Waals surface area (Å²) >= 11 is 0.